The summed E-state index contributed by atoms with van der Waals surface area (Å²) in [5, 5.41) is 20.4. The third-order valence-corrected chi connectivity index (χ3v) is 5.04. The first-order chi connectivity index (χ1) is 12.5. The molecular formula is C18H22N6O2. The molecule has 26 heavy (non-hydrogen) atoms. The van der Waals surface area contributed by atoms with Crippen molar-refractivity contribution in [3.05, 3.63) is 41.2 Å². The van der Waals surface area contributed by atoms with Crippen LogP contribution < -0.4 is 5.32 Å². The fourth-order valence-corrected chi connectivity index (χ4v) is 3.57. The Balaban J connectivity index is 1.32. The first-order valence-electron chi connectivity index (χ1n) is 8.77. The second-order valence-corrected chi connectivity index (χ2v) is 6.97. The van der Waals surface area contributed by atoms with E-state index in [1.807, 2.05) is 36.7 Å². The highest BCUT2D eigenvalue weighted by Gasteiger charge is 2.34. The number of hydrogen-bond acceptors (Lipinski definition) is 5. The number of H-pyrrole nitrogens is 1. The van der Waals surface area contributed by atoms with Gasteiger partial charge in [0.15, 0.2) is 5.82 Å². The lowest BCUT2D eigenvalue weighted by atomic mass is 9.79. The van der Waals surface area contributed by atoms with Crippen molar-refractivity contribution >= 4 is 16.9 Å². The van der Waals surface area contributed by atoms with Crippen LogP contribution in [0.15, 0.2) is 18.2 Å². The lowest BCUT2D eigenvalue weighted by Crippen LogP contribution is -2.44. The number of fused-ring (bicyclic) bond motifs is 1. The average Bonchev–Trinajstić information content (AvgIpc) is 3.11. The molecule has 0 radical (unpaired) electrons. The Hall–Kier alpha value is -2.74. The van der Waals surface area contributed by atoms with Gasteiger partial charge in [-0.3, -0.25) is 4.79 Å². The summed E-state index contributed by atoms with van der Waals surface area (Å²) in [6.45, 7) is 1.80. The maximum atomic E-state index is 12.3. The van der Waals surface area contributed by atoms with Crippen molar-refractivity contribution in [2.45, 2.75) is 44.8 Å². The molecule has 8 nitrogen and oxygen atoms in total. The van der Waals surface area contributed by atoms with Gasteiger partial charge in [-0.2, -0.15) is 0 Å². The van der Waals surface area contributed by atoms with Gasteiger partial charge in [0.2, 0.25) is 5.91 Å². The molecule has 0 unspecified atom stereocenters. The number of nitrogens with zero attached hydrogens (tertiary/aromatic N) is 4. The number of aryl methyl sites for hydroxylation is 1. The molecule has 1 aromatic carbocycles. The monoisotopic (exact) mass is 354 g/mol. The number of nitrogens with one attached hydrogen (secondary N) is 2. The molecule has 0 saturated heterocycles. The molecular weight excluding hydrogens is 332 g/mol. The molecule has 1 fully saturated rings. The molecule has 3 aromatic rings. The second-order valence-electron chi connectivity index (χ2n) is 6.97. The number of carbonyl (C=O) groups excluding carboxylic acids is 1. The zero-order valence-electron chi connectivity index (χ0n) is 14.9. The summed E-state index contributed by atoms with van der Waals surface area (Å²) >= 11 is 0. The van der Waals surface area contributed by atoms with Gasteiger partial charge in [-0.15, -0.1) is 10.2 Å². The van der Waals surface area contributed by atoms with Crippen LogP contribution in [0.4, 0.5) is 0 Å². The van der Waals surface area contributed by atoms with Gasteiger partial charge in [-0.25, -0.2) is 4.98 Å². The number of aromatic nitrogens is 5. The number of aliphatic hydroxyl groups is 1. The van der Waals surface area contributed by atoms with Crippen LogP contribution >= 0.6 is 0 Å². The molecule has 2 aromatic heterocycles. The molecule has 8 heteroatoms. The highest BCUT2D eigenvalue weighted by Crippen LogP contribution is 2.35. The summed E-state index contributed by atoms with van der Waals surface area (Å²) in [4.78, 5) is 19.9. The van der Waals surface area contributed by atoms with Crippen molar-refractivity contribution in [2.75, 3.05) is 0 Å². The number of imidazole rings is 1. The van der Waals surface area contributed by atoms with Crippen molar-refractivity contribution in [1.29, 1.82) is 0 Å². The van der Waals surface area contributed by atoms with Gasteiger partial charge in [-0.1, -0.05) is 6.07 Å². The predicted molar refractivity (Wildman–Crippen MR) is 95.4 cm³/mol. The smallest absolute Gasteiger partial charge is 0.224 e. The van der Waals surface area contributed by atoms with E-state index in [4.69, 9.17) is 0 Å². The van der Waals surface area contributed by atoms with E-state index in [1.54, 1.807) is 0 Å². The van der Waals surface area contributed by atoms with Crippen molar-refractivity contribution < 1.29 is 9.90 Å². The molecule has 1 amide bonds. The SMILES string of the molecule is Cc1nc2ccc(CC(=O)NC3CC(c4nnc(CO)n4C)C3)cc2[nH]1. The zero-order valence-corrected chi connectivity index (χ0v) is 14.9. The van der Waals surface area contributed by atoms with Gasteiger partial charge < -0.3 is 20.0 Å². The van der Waals surface area contributed by atoms with E-state index in [1.165, 1.54) is 0 Å². The fourth-order valence-electron chi connectivity index (χ4n) is 3.57. The summed E-state index contributed by atoms with van der Waals surface area (Å²) in [5.74, 6) is 2.62. The number of aliphatic hydroxyl groups excluding tert-OH is 1. The van der Waals surface area contributed by atoms with E-state index < -0.39 is 0 Å². The van der Waals surface area contributed by atoms with E-state index in [0.29, 0.717) is 12.2 Å². The Morgan fingerprint density at radius 2 is 2.19 bits per heavy atom. The zero-order chi connectivity index (χ0) is 18.3. The van der Waals surface area contributed by atoms with Gasteiger partial charge in [-0.05, 0) is 37.5 Å². The number of rotatable bonds is 5. The lowest BCUT2D eigenvalue weighted by molar-refractivity contribution is -0.121. The van der Waals surface area contributed by atoms with Gasteiger partial charge in [0.25, 0.3) is 0 Å². The Bertz CT molecular complexity index is 954. The molecule has 1 aliphatic rings. The average molecular weight is 354 g/mol. The van der Waals surface area contributed by atoms with Crippen LogP contribution in [0.5, 0.6) is 0 Å². The summed E-state index contributed by atoms with van der Waals surface area (Å²) < 4.78 is 1.84. The minimum Gasteiger partial charge on any atom is -0.388 e. The van der Waals surface area contributed by atoms with Gasteiger partial charge in [0, 0.05) is 19.0 Å². The summed E-state index contributed by atoms with van der Waals surface area (Å²) in [5.41, 5.74) is 2.84. The van der Waals surface area contributed by atoms with Crippen molar-refractivity contribution in [2.24, 2.45) is 7.05 Å². The highest BCUT2D eigenvalue weighted by atomic mass is 16.3. The Morgan fingerprint density at radius 3 is 2.92 bits per heavy atom. The van der Waals surface area contributed by atoms with Crippen LogP contribution in [0.2, 0.25) is 0 Å². The van der Waals surface area contributed by atoms with E-state index in [9.17, 15) is 9.90 Å². The van der Waals surface area contributed by atoms with Crippen LogP contribution in [-0.4, -0.2) is 41.8 Å². The summed E-state index contributed by atoms with van der Waals surface area (Å²) in [7, 11) is 1.86. The number of carbonyl (C=O) groups is 1. The third-order valence-electron chi connectivity index (χ3n) is 5.04. The standard InChI is InChI=1S/C18H22N6O2/c1-10-19-14-4-3-11(5-15(14)20-10)6-17(26)21-13-7-12(8-13)18-23-22-16(9-25)24(18)2/h3-5,12-13,25H,6-9H2,1-2H3,(H,19,20)(H,21,26). The fraction of sp³-hybridized carbons (Fsp3) is 0.444. The number of hydrogen-bond donors (Lipinski definition) is 3. The quantitative estimate of drug-likeness (QED) is 0.636. The number of benzene rings is 1. The van der Waals surface area contributed by atoms with Crippen molar-refractivity contribution in [3.63, 3.8) is 0 Å². The van der Waals surface area contributed by atoms with Gasteiger partial charge >= 0.3 is 0 Å². The molecule has 4 rings (SSSR count). The van der Waals surface area contributed by atoms with Crippen LogP contribution in [0.25, 0.3) is 11.0 Å². The largest absolute Gasteiger partial charge is 0.388 e. The van der Waals surface area contributed by atoms with E-state index in [0.717, 1.165) is 41.1 Å². The summed E-state index contributed by atoms with van der Waals surface area (Å²) in [6.07, 6.45) is 2.05. The first-order valence-corrected chi connectivity index (χ1v) is 8.77. The number of aromatic amines is 1. The Labute approximate surface area is 150 Å². The normalized spacial score (nSPS) is 19.5. The molecule has 3 N–H and O–H groups in total. The first kappa shape index (κ1) is 16.7. The summed E-state index contributed by atoms with van der Waals surface area (Å²) in [6, 6.07) is 6.03. The van der Waals surface area contributed by atoms with Gasteiger partial charge in [0.1, 0.15) is 18.3 Å². The van der Waals surface area contributed by atoms with Crippen LogP contribution in [0.3, 0.4) is 0 Å². The van der Waals surface area contributed by atoms with E-state index in [-0.39, 0.29) is 24.5 Å². The highest BCUT2D eigenvalue weighted by molar-refractivity contribution is 5.82. The molecule has 1 saturated carbocycles. The van der Waals surface area contributed by atoms with Crippen LogP contribution in [-0.2, 0) is 24.9 Å². The maximum Gasteiger partial charge on any atom is 0.224 e. The van der Waals surface area contributed by atoms with Gasteiger partial charge in [0.05, 0.1) is 17.5 Å². The molecule has 0 atom stereocenters. The van der Waals surface area contributed by atoms with E-state index >= 15 is 0 Å². The topological polar surface area (TPSA) is 109 Å². The second kappa shape index (κ2) is 6.53. The van der Waals surface area contributed by atoms with Crippen LogP contribution in [0, 0.1) is 6.92 Å². The van der Waals surface area contributed by atoms with Crippen LogP contribution in [0.1, 0.15) is 41.8 Å². The Morgan fingerprint density at radius 1 is 1.38 bits per heavy atom. The van der Waals surface area contributed by atoms with Crippen molar-refractivity contribution in [3.8, 4) is 0 Å². The molecule has 0 bridgehead atoms. The third kappa shape index (κ3) is 3.08. The molecule has 0 aliphatic heterocycles. The Kier molecular flexibility index (Phi) is 4.20. The van der Waals surface area contributed by atoms with Crippen molar-refractivity contribution in [1.82, 2.24) is 30.0 Å². The molecule has 0 spiro atoms. The minimum absolute atomic E-state index is 0.0260. The maximum absolute atomic E-state index is 12.3. The number of amides is 1. The molecule has 136 valence electrons. The molecule has 1 aliphatic carbocycles. The molecule has 2 heterocycles. The minimum atomic E-state index is -0.114. The van der Waals surface area contributed by atoms with E-state index in [2.05, 4.69) is 25.5 Å². The predicted octanol–water partition coefficient (Wildman–Crippen LogP) is 1.10. The lowest BCUT2D eigenvalue weighted by Gasteiger charge is -2.35.